The van der Waals surface area contributed by atoms with Crippen molar-refractivity contribution in [2.45, 2.75) is 0 Å². The van der Waals surface area contributed by atoms with Gasteiger partial charge < -0.3 is 4.74 Å². The van der Waals surface area contributed by atoms with E-state index in [0.717, 1.165) is 12.1 Å². The molecule has 0 spiro atoms. The zero-order valence-corrected chi connectivity index (χ0v) is 8.56. The van der Waals surface area contributed by atoms with E-state index in [1.807, 2.05) is 0 Å². The van der Waals surface area contributed by atoms with Crippen molar-refractivity contribution in [1.82, 2.24) is 4.98 Å². The molecule has 0 saturated heterocycles. The highest BCUT2D eigenvalue weighted by Gasteiger charge is 2.11. The van der Waals surface area contributed by atoms with Gasteiger partial charge in [0.25, 0.3) is 0 Å². The highest BCUT2D eigenvalue weighted by atomic mass is 19.1. The number of nitrogens with zero attached hydrogens (tertiary/aromatic N) is 1. The maximum absolute atomic E-state index is 13.2. The van der Waals surface area contributed by atoms with E-state index >= 15 is 0 Å². The molecule has 0 aliphatic carbocycles. The summed E-state index contributed by atoms with van der Waals surface area (Å²) in [5, 5.41) is 0. The number of pyridine rings is 1. The number of carbonyl (C=O) groups is 1. The summed E-state index contributed by atoms with van der Waals surface area (Å²) in [6.45, 7) is 0. The minimum absolute atomic E-state index is 0.0135. The van der Waals surface area contributed by atoms with Gasteiger partial charge in [-0.2, -0.15) is 0 Å². The topological polar surface area (TPSA) is 39.2 Å². The van der Waals surface area contributed by atoms with Gasteiger partial charge in [0.15, 0.2) is 17.9 Å². The Hall–Kier alpha value is -2.30. The van der Waals surface area contributed by atoms with Gasteiger partial charge in [0, 0.05) is 17.8 Å². The molecule has 5 heteroatoms. The van der Waals surface area contributed by atoms with Crippen molar-refractivity contribution in [2.75, 3.05) is 0 Å². The molecule has 0 atom stereocenters. The maximum Gasteiger partial charge on any atom is 0.219 e. The number of benzene rings is 1. The molecule has 0 aliphatic heterocycles. The van der Waals surface area contributed by atoms with Crippen LogP contribution in [-0.2, 0) is 0 Å². The molecule has 0 saturated carbocycles. The van der Waals surface area contributed by atoms with Crippen LogP contribution in [0.15, 0.2) is 36.5 Å². The van der Waals surface area contributed by atoms with Gasteiger partial charge in [0.1, 0.15) is 0 Å². The number of rotatable bonds is 3. The average molecular weight is 235 g/mol. The van der Waals surface area contributed by atoms with E-state index in [2.05, 4.69) is 4.98 Å². The second-order valence-corrected chi connectivity index (χ2v) is 3.20. The summed E-state index contributed by atoms with van der Waals surface area (Å²) < 4.78 is 31.4. The Morgan fingerprint density at radius 1 is 1.12 bits per heavy atom. The zero-order chi connectivity index (χ0) is 12.3. The Labute approximate surface area is 95.7 Å². The fourth-order valence-corrected chi connectivity index (χ4v) is 1.21. The van der Waals surface area contributed by atoms with Crippen molar-refractivity contribution in [2.24, 2.45) is 0 Å². The normalized spacial score (nSPS) is 10.0. The van der Waals surface area contributed by atoms with Crippen LogP contribution in [0.5, 0.6) is 11.6 Å². The summed E-state index contributed by atoms with van der Waals surface area (Å²) in [6.07, 6.45) is 1.86. The highest BCUT2D eigenvalue weighted by molar-refractivity contribution is 5.74. The fraction of sp³-hybridized carbons (Fsp3) is 0. The molecule has 0 bridgehead atoms. The molecule has 0 amide bonds. The van der Waals surface area contributed by atoms with Gasteiger partial charge in [0.2, 0.25) is 11.6 Å². The van der Waals surface area contributed by atoms with E-state index in [1.165, 1.54) is 24.4 Å². The van der Waals surface area contributed by atoms with Crippen LogP contribution < -0.4 is 4.74 Å². The number of aromatic nitrogens is 1. The van der Waals surface area contributed by atoms with Gasteiger partial charge in [-0.15, -0.1) is 0 Å². The molecule has 0 unspecified atom stereocenters. The van der Waals surface area contributed by atoms with Crippen LogP contribution in [0.3, 0.4) is 0 Å². The molecular weight excluding hydrogens is 228 g/mol. The highest BCUT2D eigenvalue weighted by Crippen LogP contribution is 2.25. The summed E-state index contributed by atoms with van der Waals surface area (Å²) >= 11 is 0. The summed E-state index contributed by atoms with van der Waals surface area (Å²) in [5.41, 5.74) is 0.353. The van der Waals surface area contributed by atoms with Crippen molar-refractivity contribution >= 4 is 6.29 Å². The lowest BCUT2D eigenvalue weighted by molar-refractivity contribution is 0.112. The van der Waals surface area contributed by atoms with Crippen molar-refractivity contribution in [3.63, 3.8) is 0 Å². The molecule has 0 fully saturated rings. The third-order valence-electron chi connectivity index (χ3n) is 2.02. The van der Waals surface area contributed by atoms with Crippen LogP contribution in [0.25, 0.3) is 0 Å². The Morgan fingerprint density at radius 2 is 1.82 bits per heavy atom. The van der Waals surface area contributed by atoms with E-state index in [4.69, 9.17) is 4.74 Å². The van der Waals surface area contributed by atoms with E-state index in [9.17, 15) is 13.6 Å². The third kappa shape index (κ3) is 2.44. The molecule has 2 aromatic rings. The Bertz CT molecular complexity index is 520. The summed E-state index contributed by atoms with van der Waals surface area (Å²) in [5.74, 6) is -2.13. The molecule has 0 aliphatic rings. The molecule has 0 N–H and O–H groups in total. The largest absolute Gasteiger partial charge is 0.433 e. The number of hydrogen-bond donors (Lipinski definition) is 0. The lowest BCUT2D eigenvalue weighted by atomic mass is 10.3. The molecule has 17 heavy (non-hydrogen) atoms. The van der Waals surface area contributed by atoms with Crippen LogP contribution in [0.4, 0.5) is 8.78 Å². The van der Waals surface area contributed by atoms with Crippen molar-refractivity contribution < 1.29 is 18.3 Å². The lowest BCUT2D eigenvalue weighted by Gasteiger charge is -2.06. The number of aldehydes is 1. The van der Waals surface area contributed by atoms with Crippen LogP contribution in [-0.4, -0.2) is 11.3 Å². The molecule has 86 valence electrons. The second kappa shape index (κ2) is 4.69. The molecule has 1 aromatic carbocycles. The number of halogens is 2. The number of carbonyl (C=O) groups excluding carboxylic acids is 1. The summed E-state index contributed by atoms with van der Waals surface area (Å²) in [6, 6.07) is 6.19. The van der Waals surface area contributed by atoms with Gasteiger partial charge >= 0.3 is 0 Å². The first-order chi connectivity index (χ1) is 8.20. The van der Waals surface area contributed by atoms with Crippen LogP contribution in [0.2, 0.25) is 0 Å². The predicted octanol–water partition coefficient (Wildman–Crippen LogP) is 2.96. The van der Waals surface area contributed by atoms with E-state index in [1.54, 1.807) is 0 Å². The first-order valence-corrected chi connectivity index (χ1v) is 4.74. The second-order valence-electron chi connectivity index (χ2n) is 3.20. The monoisotopic (exact) mass is 235 g/mol. The van der Waals surface area contributed by atoms with Crippen LogP contribution in [0.1, 0.15) is 10.4 Å². The summed E-state index contributed by atoms with van der Waals surface area (Å²) in [4.78, 5) is 14.1. The van der Waals surface area contributed by atoms with Crippen molar-refractivity contribution in [3.8, 4) is 11.6 Å². The van der Waals surface area contributed by atoms with Crippen LogP contribution in [0, 0.1) is 11.6 Å². The van der Waals surface area contributed by atoms with E-state index in [0.29, 0.717) is 11.8 Å². The molecule has 3 nitrogen and oxygen atoms in total. The van der Waals surface area contributed by atoms with Gasteiger partial charge in [-0.3, -0.25) is 4.79 Å². The lowest BCUT2D eigenvalue weighted by Crippen LogP contribution is -1.94. The zero-order valence-electron chi connectivity index (χ0n) is 8.56. The number of para-hydroxylation sites is 1. The van der Waals surface area contributed by atoms with Gasteiger partial charge in [-0.05, 0) is 18.2 Å². The third-order valence-corrected chi connectivity index (χ3v) is 2.02. The standard InChI is InChI=1S/C12H7F2NO2/c13-9-2-1-3-10(14)12(9)17-11-5-4-8(7-16)6-15-11/h1-7H. The Morgan fingerprint density at radius 3 is 2.35 bits per heavy atom. The van der Waals surface area contributed by atoms with Crippen molar-refractivity contribution in [3.05, 3.63) is 53.7 Å². The van der Waals surface area contributed by atoms with Gasteiger partial charge in [-0.25, -0.2) is 13.8 Å². The number of hydrogen-bond acceptors (Lipinski definition) is 3. The first-order valence-electron chi connectivity index (χ1n) is 4.74. The minimum atomic E-state index is -0.814. The van der Waals surface area contributed by atoms with Gasteiger partial charge in [0.05, 0.1) is 0 Å². The van der Waals surface area contributed by atoms with E-state index in [-0.39, 0.29) is 5.88 Å². The molecule has 0 radical (unpaired) electrons. The molecule has 1 heterocycles. The van der Waals surface area contributed by atoms with Crippen LogP contribution >= 0.6 is 0 Å². The average Bonchev–Trinajstić information content (AvgIpc) is 2.35. The molecular formula is C12H7F2NO2. The smallest absolute Gasteiger partial charge is 0.219 e. The summed E-state index contributed by atoms with van der Waals surface area (Å²) in [7, 11) is 0. The van der Waals surface area contributed by atoms with E-state index < -0.39 is 17.4 Å². The van der Waals surface area contributed by atoms with Crippen molar-refractivity contribution in [1.29, 1.82) is 0 Å². The Balaban J connectivity index is 2.28. The first kappa shape index (κ1) is 11.2. The molecule has 2 rings (SSSR count). The minimum Gasteiger partial charge on any atom is -0.433 e. The number of ether oxygens (including phenoxy) is 1. The predicted molar refractivity (Wildman–Crippen MR) is 56.1 cm³/mol. The maximum atomic E-state index is 13.2. The molecule has 1 aromatic heterocycles. The SMILES string of the molecule is O=Cc1ccc(Oc2c(F)cccc2F)nc1. The van der Waals surface area contributed by atoms with Gasteiger partial charge in [-0.1, -0.05) is 6.07 Å². The fourth-order valence-electron chi connectivity index (χ4n) is 1.21. The Kier molecular flexibility index (Phi) is 3.09. The quantitative estimate of drug-likeness (QED) is 0.768.